The molecule has 0 aliphatic rings. The van der Waals surface area contributed by atoms with Crippen LogP contribution in [0.4, 0.5) is 0 Å². The topological polar surface area (TPSA) is 29.5 Å². The molecule has 0 amide bonds. The van der Waals surface area contributed by atoms with Crippen LogP contribution in [0, 0.1) is 11.8 Å². The lowest BCUT2D eigenvalue weighted by atomic mass is 10.3. The van der Waals surface area contributed by atoms with E-state index in [4.69, 9.17) is 9.84 Å². The van der Waals surface area contributed by atoms with Crippen molar-refractivity contribution in [1.29, 1.82) is 0 Å². The summed E-state index contributed by atoms with van der Waals surface area (Å²) in [6.07, 6.45) is 4.15. The maximum atomic E-state index is 8.62. The van der Waals surface area contributed by atoms with Gasteiger partial charge >= 0.3 is 0 Å². The van der Waals surface area contributed by atoms with Gasteiger partial charge in [-0.25, -0.2) is 0 Å². The Morgan fingerprint density at radius 1 is 1.35 bits per heavy atom. The van der Waals surface area contributed by atoms with Gasteiger partial charge in [-0.15, -0.1) is 11.3 Å². The van der Waals surface area contributed by atoms with Crippen molar-refractivity contribution < 1.29 is 9.84 Å². The van der Waals surface area contributed by atoms with Gasteiger partial charge in [0.1, 0.15) is 0 Å². The van der Waals surface area contributed by atoms with E-state index in [0.29, 0.717) is 13.0 Å². The molecule has 0 aliphatic heterocycles. The molecule has 0 unspecified atom stereocenters. The fraction of sp³-hybridized carbons (Fsp3) is 0.571. The van der Waals surface area contributed by atoms with E-state index in [0.717, 1.165) is 17.9 Å². The molecule has 1 N–H and O–H groups in total. The molecular formula is C14H20O2S. The van der Waals surface area contributed by atoms with Gasteiger partial charge in [0.15, 0.2) is 0 Å². The molecule has 0 fully saturated rings. The fourth-order valence-electron chi connectivity index (χ4n) is 1.36. The van der Waals surface area contributed by atoms with Gasteiger partial charge in [-0.3, -0.25) is 0 Å². The Labute approximate surface area is 108 Å². The van der Waals surface area contributed by atoms with Crippen molar-refractivity contribution in [2.45, 2.75) is 39.2 Å². The first kappa shape index (κ1) is 14.2. The molecule has 2 nitrogen and oxygen atoms in total. The summed E-state index contributed by atoms with van der Waals surface area (Å²) in [5.41, 5.74) is 0. The summed E-state index contributed by atoms with van der Waals surface area (Å²) < 4.78 is 5.58. The first-order valence-corrected chi connectivity index (χ1v) is 6.94. The maximum Gasteiger partial charge on any atom is 0.0809 e. The van der Waals surface area contributed by atoms with Gasteiger partial charge in [-0.05, 0) is 18.6 Å². The number of ether oxygens (including phenoxy) is 1. The van der Waals surface area contributed by atoms with Gasteiger partial charge in [0.2, 0.25) is 0 Å². The van der Waals surface area contributed by atoms with Crippen LogP contribution in [0.2, 0.25) is 0 Å². The summed E-state index contributed by atoms with van der Waals surface area (Å²) >= 11 is 1.67. The van der Waals surface area contributed by atoms with E-state index in [1.54, 1.807) is 11.3 Å². The third-order valence-corrected chi connectivity index (χ3v) is 3.22. The highest BCUT2D eigenvalue weighted by atomic mass is 32.1. The molecule has 0 bridgehead atoms. The van der Waals surface area contributed by atoms with E-state index >= 15 is 0 Å². The second-order valence-corrected chi connectivity index (χ2v) is 4.97. The normalized spacial score (nSPS) is 10.0. The minimum Gasteiger partial charge on any atom is -0.395 e. The Morgan fingerprint density at radius 3 is 3.00 bits per heavy atom. The Balaban J connectivity index is 2.24. The fourth-order valence-corrected chi connectivity index (χ4v) is 2.18. The van der Waals surface area contributed by atoms with Gasteiger partial charge in [0.25, 0.3) is 0 Å². The largest absolute Gasteiger partial charge is 0.395 e. The summed E-state index contributed by atoms with van der Waals surface area (Å²) in [5, 5.41) is 8.62. The lowest BCUT2D eigenvalue weighted by Gasteiger charge is -2.00. The van der Waals surface area contributed by atoms with E-state index in [2.05, 4.69) is 24.8 Å². The first-order valence-electron chi connectivity index (χ1n) is 6.13. The third kappa shape index (κ3) is 6.48. The average Bonchev–Trinajstić information content (AvgIpc) is 2.77. The van der Waals surface area contributed by atoms with Crippen LogP contribution in [0.5, 0.6) is 0 Å². The number of hydrogen-bond donors (Lipinski definition) is 1. The smallest absolute Gasteiger partial charge is 0.0809 e. The number of aliphatic hydroxyl groups is 1. The number of unbranched alkanes of at least 4 members (excludes halogenated alkanes) is 2. The van der Waals surface area contributed by atoms with Gasteiger partial charge in [-0.1, -0.05) is 31.6 Å². The molecular weight excluding hydrogens is 232 g/mol. The number of aliphatic hydroxyl groups excluding tert-OH is 1. The number of rotatable bonds is 7. The standard InChI is InChI=1S/C14H20O2S/c1-2-3-6-11-16-12-14-9-8-13(17-14)7-4-5-10-15/h8-9,15H,2-3,5-6,10-12H2,1H3. The van der Waals surface area contributed by atoms with Gasteiger partial charge < -0.3 is 9.84 Å². The lowest BCUT2D eigenvalue weighted by Crippen LogP contribution is -1.93. The van der Waals surface area contributed by atoms with Crippen molar-refractivity contribution >= 4 is 11.3 Å². The molecule has 0 atom stereocenters. The molecule has 0 spiro atoms. The molecule has 0 aromatic carbocycles. The van der Waals surface area contributed by atoms with Crippen LogP contribution >= 0.6 is 11.3 Å². The van der Waals surface area contributed by atoms with Crippen LogP contribution in [-0.4, -0.2) is 18.3 Å². The zero-order valence-electron chi connectivity index (χ0n) is 10.4. The average molecular weight is 252 g/mol. The van der Waals surface area contributed by atoms with E-state index in [1.807, 2.05) is 6.07 Å². The molecule has 1 aromatic heterocycles. The number of thiophene rings is 1. The van der Waals surface area contributed by atoms with Gasteiger partial charge in [-0.2, -0.15) is 0 Å². The molecule has 1 rings (SSSR count). The monoisotopic (exact) mass is 252 g/mol. The second-order valence-electron chi connectivity index (χ2n) is 3.80. The second kappa shape index (κ2) is 9.23. The highest BCUT2D eigenvalue weighted by molar-refractivity contribution is 7.12. The molecule has 94 valence electrons. The molecule has 0 radical (unpaired) electrons. The summed E-state index contributed by atoms with van der Waals surface area (Å²) in [7, 11) is 0. The van der Waals surface area contributed by atoms with Crippen LogP contribution in [0.25, 0.3) is 0 Å². The highest BCUT2D eigenvalue weighted by Gasteiger charge is 1.97. The number of hydrogen-bond acceptors (Lipinski definition) is 3. The maximum absolute atomic E-state index is 8.62. The molecule has 1 heterocycles. The van der Waals surface area contributed by atoms with Crippen molar-refractivity contribution in [3.8, 4) is 11.8 Å². The summed E-state index contributed by atoms with van der Waals surface area (Å²) in [6, 6.07) is 4.08. The van der Waals surface area contributed by atoms with Crippen molar-refractivity contribution in [2.24, 2.45) is 0 Å². The lowest BCUT2D eigenvalue weighted by molar-refractivity contribution is 0.119. The Bertz CT molecular complexity index is 360. The van der Waals surface area contributed by atoms with Crippen LogP contribution in [0.3, 0.4) is 0 Å². The first-order chi connectivity index (χ1) is 8.36. The van der Waals surface area contributed by atoms with Crippen molar-refractivity contribution in [3.05, 3.63) is 21.9 Å². The zero-order chi connectivity index (χ0) is 12.3. The minimum absolute atomic E-state index is 0.131. The SMILES string of the molecule is CCCCCOCc1ccc(C#CCCO)s1. The quantitative estimate of drug-likeness (QED) is 0.596. The van der Waals surface area contributed by atoms with Crippen molar-refractivity contribution in [2.75, 3.05) is 13.2 Å². The van der Waals surface area contributed by atoms with E-state index < -0.39 is 0 Å². The molecule has 0 saturated carbocycles. The predicted octanol–water partition coefficient (Wildman–Crippen LogP) is 3.19. The van der Waals surface area contributed by atoms with Crippen LogP contribution in [0.15, 0.2) is 12.1 Å². The van der Waals surface area contributed by atoms with Crippen LogP contribution < -0.4 is 0 Å². The molecule has 0 saturated heterocycles. The Hall–Kier alpha value is -0.820. The molecule has 17 heavy (non-hydrogen) atoms. The van der Waals surface area contributed by atoms with E-state index in [1.165, 1.54) is 17.7 Å². The molecule has 3 heteroatoms. The summed E-state index contributed by atoms with van der Waals surface area (Å²) in [4.78, 5) is 2.26. The van der Waals surface area contributed by atoms with Crippen LogP contribution in [0.1, 0.15) is 42.4 Å². The summed E-state index contributed by atoms with van der Waals surface area (Å²) in [5.74, 6) is 5.95. The Kier molecular flexibility index (Phi) is 7.74. The predicted molar refractivity (Wildman–Crippen MR) is 72.1 cm³/mol. The van der Waals surface area contributed by atoms with Gasteiger partial charge in [0, 0.05) is 17.9 Å². The zero-order valence-corrected chi connectivity index (χ0v) is 11.2. The Morgan fingerprint density at radius 2 is 2.24 bits per heavy atom. The summed E-state index contributed by atoms with van der Waals surface area (Å²) in [6.45, 7) is 3.86. The van der Waals surface area contributed by atoms with Crippen molar-refractivity contribution in [1.82, 2.24) is 0 Å². The van der Waals surface area contributed by atoms with Crippen LogP contribution in [-0.2, 0) is 11.3 Å². The third-order valence-electron chi connectivity index (χ3n) is 2.25. The van der Waals surface area contributed by atoms with E-state index in [-0.39, 0.29) is 6.61 Å². The minimum atomic E-state index is 0.131. The molecule has 1 aromatic rings. The van der Waals surface area contributed by atoms with Gasteiger partial charge in [0.05, 0.1) is 18.1 Å². The van der Waals surface area contributed by atoms with Crippen molar-refractivity contribution in [3.63, 3.8) is 0 Å². The van der Waals surface area contributed by atoms with E-state index in [9.17, 15) is 0 Å². The highest BCUT2D eigenvalue weighted by Crippen LogP contribution is 2.16. The molecule has 0 aliphatic carbocycles.